The Kier molecular flexibility index (Phi) is 5.43. The molecular formula is C18H20N2OS2. The molecule has 3 aromatic rings. The van der Waals surface area contributed by atoms with Crippen LogP contribution in [-0.2, 0) is 13.0 Å². The largest absolute Gasteiger partial charge is 0.497 e. The van der Waals surface area contributed by atoms with Crippen LogP contribution >= 0.6 is 22.7 Å². The van der Waals surface area contributed by atoms with Crippen molar-refractivity contribution in [1.82, 2.24) is 10.3 Å². The van der Waals surface area contributed by atoms with Crippen LogP contribution in [0.25, 0.3) is 0 Å². The molecule has 0 aliphatic carbocycles. The van der Waals surface area contributed by atoms with Gasteiger partial charge in [-0.25, -0.2) is 4.98 Å². The van der Waals surface area contributed by atoms with Crippen molar-refractivity contribution in [2.24, 2.45) is 0 Å². The molecule has 2 aromatic heterocycles. The Morgan fingerprint density at radius 1 is 1.22 bits per heavy atom. The number of benzene rings is 1. The SMILES string of the molecule is COc1cccc(CN[C@H](Cc2cccs2)c2nc(C)cs2)c1. The minimum Gasteiger partial charge on any atom is -0.497 e. The summed E-state index contributed by atoms with van der Waals surface area (Å²) in [5.74, 6) is 0.893. The van der Waals surface area contributed by atoms with Crippen LogP contribution in [0.3, 0.4) is 0 Å². The maximum atomic E-state index is 5.30. The number of hydrogen-bond donors (Lipinski definition) is 1. The van der Waals surface area contributed by atoms with Gasteiger partial charge in [-0.1, -0.05) is 18.2 Å². The molecule has 2 heterocycles. The van der Waals surface area contributed by atoms with Crippen molar-refractivity contribution >= 4 is 22.7 Å². The molecule has 0 aliphatic heterocycles. The third-order valence-electron chi connectivity index (χ3n) is 3.61. The number of methoxy groups -OCH3 is 1. The first-order chi connectivity index (χ1) is 11.2. The fourth-order valence-corrected chi connectivity index (χ4v) is 4.06. The van der Waals surface area contributed by atoms with Gasteiger partial charge in [-0.15, -0.1) is 22.7 Å². The highest BCUT2D eigenvalue weighted by Crippen LogP contribution is 2.25. The minimum absolute atomic E-state index is 0.235. The van der Waals surface area contributed by atoms with Gasteiger partial charge < -0.3 is 10.1 Å². The quantitative estimate of drug-likeness (QED) is 0.680. The highest BCUT2D eigenvalue weighted by atomic mass is 32.1. The summed E-state index contributed by atoms with van der Waals surface area (Å²) in [7, 11) is 1.70. The number of hydrogen-bond acceptors (Lipinski definition) is 5. The van der Waals surface area contributed by atoms with Gasteiger partial charge in [0.25, 0.3) is 0 Å². The maximum absolute atomic E-state index is 5.30. The van der Waals surface area contributed by atoms with E-state index in [1.165, 1.54) is 10.4 Å². The van der Waals surface area contributed by atoms with Gasteiger partial charge in [0, 0.05) is 28.9 Å². The predicted molar refractivity (Wildman–Crippen MR) is 97.4 cm³/mol. The number of thiazole rings is 1. The highest BCUT2D eigenvalue weighted by Gasteiger charge is 2.16. The number of nitrogens with one attached hydrogen (secondary N) is 1. The van der Waals surface area contributed by atoms with Crippen molar-refractivity contribution in [3.8, 4) is 5.75 Å². The second kappa shape index (κ2) is 7.73. The molecule has 0 fully saturated rings. The Morgan fingerprint density at radius 3 is 2.83 bits per heavy atom. The van der Waals surface area contributed by atoms with Crippen molar-refractivity contribution < 1.29 is 4.74 Å². The molecule has 120 valence electrons. The van der Waals surface area contributed by atoms with Crippen LogP contribution in [0.15, 0.2) is 47.2 Å². The van der Waals surface area contributed by atoms with E-state index in [2.05, 4.69) is 45.3 Å². The molecule has 0 amide bonds. The molecule has 0 unspecified atom stereocenters. The number of rotatable bonds is 7. The van der Waals surface area contributed by atoms with E-state index >= 15 is 0 Å². The summed E-state index contributed by atoms with van der Waals surface area (Å²) in [6, 6.07) is 12.7. The molecular weight excluding hydrogens is 324 g/mol. The zero-order valence-corrected chi connectivity index (χ0v) is 14.9. The summed E-state index contributed by atoms with van der Waals surface area (Å²) in [5.41, 5.74) is 2.30. The summed E-state index contributed by atoms with van der Waals surface area (Å²) >= 11 is 3.53. The molecule has 0 spiro atoms. The first kappa shape index (κ1) is 16.2. The molecule has 5 heteroatoms. The van der Waals surface area contributed by atoms with Crippen molar-refractivity contribution in [2.45, 2.75) is 25.9 Å². The monoisotopic (exact) mass is 344 g/mol. The third kappa shape index (κ3) is 4.41. The summed E-state index contributed by atoms with van der Waals surface area (Å²) < 4.78 is 5.30. The summed E-state index contributed by atoms with van der Waals surface area (Å²) in [5, 5.41) is 9.05. The molecule has 1 N–H and O–H groups in total. The molecule has 0 bridgehead atoms. The van der Waals surface area contributed by atoms with Gasteiger partial charge in [0.1, 0.15) is 10.8 Å². The van der Waals surface area contributed by atoms with Crippen LogP contribution < -0.4 is 10.1 Å². The summed E-state index contributed by atoms with van der Waals surface area (Å²) in [6.45, 7) is 2.84. The van der Waals surface area contributed by atoms with Gasteiger partial charge in [-0.05, 0) is 36.1 Å². The number of aromatic nitrogens is 1. The average Bonchev–Trinajstić information content (AvgIpc) is 3.23. The first-order valence-corrected chi connectivity index (χ1v) is 9.31. The molecule has 0 aliphatic rings. The maximum Gasteiger partial charge on any atom is 0.119 e. The number of aryl methyl sites for hydroxylation is 1. The van der Waals surface area contributed by atoms with Crippen LogP contribution in [0.2, 0.25) is 0 Å². The molecule has 1 aromatic carbocycles. The Morgan fingerprint density at radius 2 is 2.13 bits per heavy atom. The second-order valence-corrected chi connectivity index (χ2v) is 7.32. The minimum atomic E-state index is 0.235. The molecule has 3 nitrogen and oxygen atoms in total. The lowest BCUT2D eigenvalue weighted by molar-refractivity contribution is 0.413. The van der Waals surface area contributed by atoms with Crippen LogP contribution in [0.1, 0.15) is 27.2 Å². The topological polar surface area (TPSA) is 34.1 Å². The lowest BCUT2D eigenvalue weighted by atomic mass is 10.1. The lowest BCUT2D eigenvalue weighted by Crippen LogP contribution is -2.22. The Labute approximate surface area is 145 Å². The number of ether oxygens (including phenoxy) is 1. The standard InChI is InChI=1S/C18H20N2OS2/c1-13-12-23-18(20-13)17(10-16-7-4-8-22-16)19-11-14-5-3-6-15(9-14)21-2/h3-9,12,17,19H,10-11H2,1-2H3/t17-/m1/s1. The average molecular weight is 345 g/mol. The Balaban J connectivity index is 1.72. The molecule has 1 atom stereocenters. The molecule has 3 rings (SSSR count). The van der Waals surface area contributed by atoms with Crippen molar-refractivity contribution in [1.29, 1.82) is 0 Å². The summed E-state index contributed by atoms with van der Waals surface area (Å²) in [6.07, 6.45) is 0.967. The first-order valence-electron chi connectivity index (χ1n) is 7.55. The van der Waals surface area contributed by atoms with Gasteiger partial charge in [0.15, 0.2) is 0 Å². The van der Waals surface area contributed by atoms with E-state index in [0.29, 0.717) is 0 Å². The normalized spacial score (nSPS) is 12.3. The van der Waals surface area contributed by atoms with Crippen LogP contribution in [0, 0.1) is 6.92 Å². The number of thiophene rings is 1. The zero-order valence-electron chi connectivity index (χ0n) is 13.3. The predicted octanol–water partition coefficient (Wildman–Crippen LogP) is 4.60. The number of nitrogens with zero attached hydrogens (tertiary/aromatic N) is 1. The second-order valence-electron chi connectivity index (χ2n) is 5.40. The van der Waals surface area contributed by atoms with Gasteiger partial charge in [-0.3, -0.25) is 0 Å². The van der Waals surface area contributed by atoms with Crippen molar-refractivity contribution in [3.05, 3.63) is 68.3 Å². The van der Waals surface area contributed by atoms with Crippen LogP contribution in [0.5, 0.6) is 5.75 Å². The van der Waals surface area contributed by atoms with E-state index in [-0.39, 0.29) is 6.04 Å². The Bertz CT molecular complexity index is 737. The van der Waals surface area contributed by atoms with Crippen LogP contribution in [0.4, 0.5) is 0 Å². The molecule has 0 radical (unpaired) electrons. The van der Waals surface area contributed by atoms with Crippen molar-refractivity contribution in [2.75, 3.05) is 7.11 Å². The van der Waals surface area contributed by atoms with E-state index in [1.54, 1.807) is 29.8 Å². The van der Waals surface area contributed by atoms with E-state index < -0.39 is 0 Å². The molecule has 0 saturated carbocycles. The third-order valence-corrected chi connectivity index (χ3v) is 5.58. The van der Waals surface area contributed by atoms with Gasteiger partial charge >= 0.3 is 0 Å². The van der Waals surface area contributed by atoms with E-state index in [0.717, 1.165) is 29.4 Å². The van der Waals surface area contributed by atoms with E-state index in [1.807, 2.05) is 19.1 Å². The Hall–Kier alpha value is -1.69. The highest BCUT2D eigenvalue weighted by molar-refractivity contribution is 7.10. The van der Waals surface area contributed by atoms with Gasteiger partial charge in [0.2, 0.25) is 0 Å². The molecule has 23 heavy (non-hydrogen) atoms. The van der Waals surface area contributed by atoms with Crippen LogP contribution in [-0.4, -0.2) is 12.1 Å². The summed E-state index contributed by atoms with van der Waals surface area (Å²) in [4.78, 5) is 6.05. The fourth-order valence-electron chi connectivity index (χ4n) is 2.43. The zero-order chi connectivity index (χ0) is 16.1. The van der Waals surface area contributed by atoms with Gasteiger partial charge in [0.05, 0.1) is 13.2 Å². The fraction of sp³-hybridized carbons (Fsp3) is 0.278. The van der Waals surface area contributed by atoms with E-state index in [9.17, 15) is 0 Å². The smallest absolute Gasteiger partial charge is 0.119 e. The van der Waals surface area contributed by atoms with Gasteiger partial charge in [-0.2, -0.15) is 0 Å². The van der Waals surface area contributed by atoms with E-state index in [4.69, 9.17) is 4.74 Å². The lowest BCUT2D eigenvalue weighted by Gasteiger charge is -2.16. The van der Waals surface area contributed by atoms with Crippen molar-refractivity contribution in [3.63, 3.8) is 0 Å². The molecule has 0 saturated heterocycles.